The van der Waals surface area contributed by atoms with Crippen LogP contribution in [0.25, 0.3) is 11.3 Å². The average molecular weight is 344 g/mol. The summed E-state index contributed by atoms with van der Waals surface area (Å²) in [6, 6.07) is 7.61. The Bertz CT molecular complexity index is 883. The first-order valence-electron chi connectivity index (χ1n) is 7.56. The second kappa shape index (κ2) is 6.04. The number of carbonyl (C=O) groups is 1. The van der Waals surface area contributed by atoms with E-state index in [-0.39, 0.29) is 12.5 Å². The van der Waals surface area contributed by atoms with Gasteiger partial charge in [-0.15, -0.1) is 5.10 Å². The average Bonchev–Trinajstić information content (AvgIpc) is 3.12. The number of amides is 1. The molecule has 2 N–H and O–H groups in total. The van der Waals surface area contributed by atoms with Crippen molar-refractivity contribution in [3.63, 3.8) is 0 Å². The van der Waals surface area contributed by atoms with Gasteiger partial charge in [-0.1, -0.05) is 23.7 Å². The molecule has 1 aromatic carbocycles. The first kappa shape index (κ1) is 14.8. The Labute approximate surface area is 142 Å². The summed E-state index contributed by atoms with van der Waals surface area (Å²) in [5.74, 6) is 0.405. The van der Waals surface area contributed by atoms with Crippen molar-refractivity contribution in [3.8, 4) is 11.3 Å². The zero-order valence-electron chi connectivity index (χ0n) is 12.6. The van der Waals surface area contributed by atoms with Crippen molar-refractivity contribution in [2.24, 2.45) is 0 Å². The van der Waals surface area contributed by atoms with Crippen LogP contribution in [-0.2, 0) is 6.54 Å². The maximum atomic E-state index is 12.5. The van der Waals surface area contributed by atoms with E-state index in [0.717, 1.165) is 18.4 Å². The molecular formula is C15H14ClN7O. The molecule has 2 aromatic heterocycles. The minimum absolute atomic E-state index is 0.246. The molecule has 8 nitrogen and oxygen atoms in total. The summed E-state index contributed by atoms with van der Waals surface area (Å²) in [6.07, 6.45) is 3.65. The third kappa shape index (κ3) is 2.88. The standard InChI is InChI=1S/C15H14ClN7O/c16-10-3-1-2-9(6-10)14-12(7-18-20-14)15(24)17-8-13-19-21-22-23(13)11-4-5-11/h1-3,6-7,11H,4-5,8H2,(H,17,24)(H,18,20). The molecule has 1 saturated carbocycles. The van der Waals surface area contributed by atoms with Crippen molar-refractivity contribution >= 4 is 17.5 Å². The number of rotatable bonds is 5. The molecule has 0 bridgehead atoms. The van der Waals surface area contributed by atoms with Crippen LogP contribution in [0.1, 0.15) is 35.1 Å². The highest BCUT2D eigenvalue weighted by Crippen LogP contribution is 2.34. The van der Waals surface area contributed by atoms with Crippen LogP contribution in [0.4, 0.5) is 0 Å². The number of tetrazole rings is 1. The van der Waals surface area contributed by atoms with Gasteiger partial charge in [-0.2, -0.15) is 5.10 Å². The lowest BCUT2D eigenvalue weighted by Gasteiger charge is -2.06. The first-order chi connectivity index (χ1) is 11.7. The van der Waals surface area contributed by atoms with Gasteiger partial charge in [0, 0.05) is 10.6 Å². The number of carbonyl (C=O) groups excluding carboxylic acids is 1. The van der Waals surface area contributed by atoms with Crippen LogP contribution >= 0.6 is 11.6 Å². The molecule has 3 aromatic rings. The second-order valence-electron chi connectivity index (χ2n) is 5.62. The van der Waals surface area contributed by atoms with Crippen molar-refractivity contribution in [1.82, 2.24) is 35.7 Å². The zero-order valence-corrected chi connectivity index (χ0v) is 13.4. The number of aromatic nitrogens is 6. The Morgan fingerprint density at radius 2 is 2.29 bits per heavy atom. The fourth-order valence-corrected chi connectivity index (χ4v) is 2.70. The lowest BCUT2D eigenvalue weighted by molar-refractivity contribution is 0.0950. The smallest absolute Gasteiger partial charge is 0.255 e. The van der Waals surface area contributed by atoms with Crippen LogP contribution in [0.2, 0.25) is 5.02 Å². The summed E-state index contributed by atoms with van der Waals surface area (Å²) < 4.78 is 1.77. The maximum Gasteiger partial charge on any atom is 0.255 e. The predicted octanol–water partition coefficient (Wildman–Crippen LogP) is 1.98. The van der Waals surface area contributed by atoms with Gasteiger partial charge in [-0.25, -0.2) is 4.68 Å². The SMILES string of the molecule is O=C(NCc1nnnn1C1CC1)c1cn[nH]c1-c1cccc(Cl)c1. The number of benzene rings is 1. The number of halogens is 1. The molecule has 0 saturated heterocycles. The van der Waals surface area contributed by atoms with E-state index in [0.29, 0.717) is 28.1 Å². The molecule has 1 aliphatic carbocycles. The quantitative estimate of drug-likeness (QED) is 0.737. The van der Waals surface area contributed by atoms with E-state index < -0.39 is 0 Å². The summed E-state index contributed by atoms with van der Waals surface area (Å²) in [5.41, 5.74) is 1.87. The number of aromatic amines is 1. The second-order valence-corrected chi connectivity index (χ2v) is 6.06. The van der Waals surface area contributed by atoms with Crippen molar-refractivity contribution < 1.29 is 4.79 Å². The summed E-state index contributed by atoms with van der Waals surface area (Å²) in [4.78, 5) is 12.5. The minimum atomic E-state index is -0.246. The highest BCUT2D eigenvalue weighted by Gasteiger charge is 2.27. The molecule has 122 valence electrons. The Balaban J connectivity index is 1.51. The van der Waals surface area contributed by atoms with Crippen LogP contribution in [0, 0.1) is 0 Å². The molecule has 1 aliphatic rings. The molecule has 0 aliphatic heterocycles. The van der Waals surface area contributed by atoms with Gasteiger partial charge in [0.1, 0.15) is 0 Å². The van der Waals surface area contributed by atoms with Gasteiger partial charge in [0.15, 0.2) is 5.82 Å². The minimum Gasteiger partial charge on any atom is -0.345 e. The van der Waals surface area contributed by atoms with Crippen molar-refractivity contribution in [1.29, 1.82) is 0 Å². The van der Waals surface area contributed by atoms with Gasteiger partial charge in [-0.05, 0) is 35.4 Å². The number of nitrogens with zero attached hydrogens (tertiary/aromatic N) is 5. The summed E-state index contributed by atoms with van der Waals surface area (Å²) in [6.45, 7) is 0.266. The molecule has 2 heterocycles. The molecular weight excluding hydrogens is 330 g/mol. The summed E-state index contributed by atoms with van der Waals surface area (Å²) in [5, 5.41) is 21.9. The number of nitrogens with one attached hydrogen (secondary N) is 2. The highest BCUT2D eigenvalue weighted by atomic mass is 35.5. The van der Waals surface area contributed by atoms with Gasteiger partial charge < -0.3 is 5.32 Å². The van der Waals surface area contributed by atoms with E-state index in [1.165, 1.54) is 6.20 Å². The Morgan fingerprint density at radius 1 is 1.42 bits per heavy atom. The van der Waals surface area contributed by atoms with E-state index in [4.69, 9.17) is 11.6 Å². The normalized spacial score (nSPS) is 13.9. The monoisotopic (exact) mass is 343 g/mol. The van der Waals surface area contributed by atoms with Crippen LogP contribution in [0.15, 0.2) is 30.5 Å². The van der Waals surface area contributed by atoms with Gasteiger partial charge in [0.05, 0.1) is 30.0 Å². The molecule has 1 fully saturated rings. The summed E-state index contributed by atoms with van der Waals surface area (Å²) in [7, 11) is 0. The molecule has 0 unspecified atom stereocenters. The highest BCUT2D eigenvalue weighted by molar-refractivity contribution is 6.30. The van der Waals surface area contributed by atoms with Crippen LogP contribution < -0.4 is 5.32 Å². The van der Waals surface area contributed by atoms with E-state index >= 15 is 0 Å². The third-order valence-electron chi connectivity index (χ3n) is 3.86. The molecule has 1 amide bonds. The molecule has 4 rings (SSSR count). The van der Waals surface area contributed by atoms with E-state index in [9.17, 15) is 4.79 Å². The summed E-state index contributed by atoms with van der Waals surface area (Å²) >= 11 is 6.02. The molecule has 0 atom stereocenters. The maximum absolute atomic E-state index is 12.5. The van der Waals surface area contributed by atoms with E-state index in [2.05, 4.69) is 31.0 Å². The first-order valence-corrected chi connectivity index (χ1v) is 7.94. The fraction of sp³-hybridized carbons (Fsp3) is 0.267. The molecule has 0 radical (unpaired) electrons. The molecule has 24 heavy (non-hydrogen) atoms. The predicted molar refractivity (Wildman–Crippen MR) is 86.3 cm³/mol. The van der Waals surface area contributed by atoms with Crippen molar-refractivity contribution in [2.75, 3.05) is 0 Å². The number of hydrogen-bond acceptors (Lipinski definition) is 5. The van der Waals surface area contributed by atoms with Gasteiger partial charge >= 0.3 is 0 Å². The van der Waals surface area contributed by atoms with Crippen LogP contribution in [0.5, 0.6) is 0 Å². The largest absolute Gasteiger partial charge is 0.345 e. The van der Waals surface area contributed by atoms with Crippen LogP contribution in [-0.4, -0.2) is 36.3 Å². The Kier molecular flexibility index (Phi) is 3.73. The van der Waals surface area contributed by atoms with Crippen molar-refractivity contribution in [3.05, 3.63) is 46.9 Å². The van der Waals surface area contributed by atoms with Crippen molar-refractivity contribution in [2.45, 2.75) is 25.4 Å². The number of H-pyrrole nitrogens is 1. The van der Waals surface area contributed by atoms with E-state index in [1.807, 2.05) is 12.1 Å². The van der Waals surface area contributed by atoms with E-state index in [1.54, 1.807) is 16.8 Å². The molecule has 9 heteroatoms. The Morgan fingerprint density at radius 3 is 3.08 bits per heavy atom. The lowest BCUT2D eigenvalue weighted by atomic mass is 10.1. The van der Waals surface area contributed by atoms with Gasteiger partial charge in [0.25, 0.3) is 5.91 Å². The third-order valence-corrected chi connectivity index (χ3v) is 4.09. The topological polar surface area (TPSA) is 101 Å². The van der Waals surface area contributed by atoms with Gasteiger partial charge in [0.2, 0.25) is 0 Å². The fourth-order valence-electron chi connectivity index (χ4n) is 2.51. The number of hydrogen-bond donors (Lipinski definition) is 2. The van der Waals surface area contributed by atoms with Gasteiger partial charge in [-0.3, -0.25) is 9.89 Å². The Hall–Kier alpha value is -2.74. The zero-order chi connectivity index (χ0) is 16.5. The molecule has 0 spiro atoms. The lowest BCUT2D eigenvalue weighted by Crippen LogP contribution is -2.25. The van der Waals surface area contributed by atoms with Crippen LogP contribution in [0.3, 0.4) is 0 Å².